The van der Waals surface area contributed by atoms with Crippen molar-refractivity contribution >= 4 is 23.7 Å². The predicted molar refractivity (Wildman–Crippen MR) is 137 cm³/mol. The number of hydrogen-bond donors (Lipinski definition) is 0. The Morgan fingerprint density at radius 1 is 1.20 bits per heavy atom. The summed E-state index contributed by atoms with van der Waals surface area (Å²) in [6.45, 7) is 2.34. The van der Waals surface area contributed by atoms with Crippen molar-refractivity contribution in [3.8, 4) is 17.2 Å². The number of aromatic nitrogens is 4. The molecule has 2 aromatic heterocycles. The van der Waals surface area contributed by atoms with Crippen molar-refractivity contribution < 1.29 is 23.9 Å². The third kappa shape index (κ3) is 3.65. The van der Waals surface area contributed by atoms with Crippen LogP contribution in [0.1, 0.15) is 18.2 Å². The van der Waals surface area contributed by atoms with Crippen LogP contribution < -0.4 is 4.90 Å². The van der Waals surface area contributed by atoms with Gasteiger partial charge in [-0.3, -0.25) is 19.5 Å². The number of nitrogens with zero attached hydrogens (tertiary/aromatic N) is 7. The molecule has 5 heterocycles. The number of fused-ring (bicyclic) bond motifs is 4. The highest BCUT2D eigenvalue weighted by Crippen LogP contribution is 2.62. The number of rotatable bonds is 6. The Bertz CT molecular complexity index is 1550. The van der Waals surface area contributed by atoms with Crippen LogP contribution in [0.15, 0.2) is 48.9 Å². The number of carbonyl (C=O) groups is 3. The zero-order chi connectivity index (χ0) is 27.6. The Kier molecular flexibility index (Phi) is 5.38. The van der Waals surface area contributed by atoms with E-state index in [1.54, 1.807) is 33.1 Å². The maximum atomic E-state index is 12.7. The van der Waals surface area contributed by atoms with Gasteiger partial charge in [0.15, 0.2) is 6.61 Å². The second-order valence-corrected chi connectivity index (χ2v) is 10.7. The average Bonchev–Trinajstić information content (AvgIpc) is 3.55. The molecule has 1 aromatic carbocycles. The summed E-state index contributed by atoms with van der Waals surface area (Å²) < 4.78 is 12.1. The number of nitriles is 1. The number of anilines is 1. The smallest absolute Gasteiger partial charge is 0.415 e. The number of pyridine rings is 1. The van der Waals surface area contributed by atoms with E-state index in [9.17, 15) is 19.6 Å². The van der Waals surface area contributed by atoms with Gasteiger partial charge in [0.1, 0.15) is 11.5 Å². The second kappa shape index (κ2) is 8.87. The average molecular weight is 540 g/mol. The van der Waals surface area contributed by atoms with Crippen LogP contribution in [-0.4, -0.2) is 74.7 Å². The van der Waals surface area contributed by atoms with E-state index in [4.69, 9.17) is 14.5 Å². The first kappa shape index (κ1) is 24.3. The Morgan fingerprint density at radius 3 is 2.67 bits per heavy atom. The summed E-state index contributed by atoms with van der Waals surface area (Å²) in [5.74, 6) is -0.717. The molecule has 3 aliphatic heterocycles. The van der Waals surface area contributed by atoms with E-state index in [1.165, 1.54) is 6.92 Å². The lowest BCUT2D eigenvalue weighted by atomic mass is 9.95. The van der Waals surface area contributed by atoms with Gasteiger partial charge >= 0.3 is 12.1 Å². The molecule has 1 aliphatic carbocycles. The molecule has 202 valence electrons. The van der Waals surface area contributed by atoms with Gasteiger partial charge in [-0.05, 0) is 35.7 Å². The molecule has 0 bridgehead atoms. The molecule has 5 atom stereocenters. The number of carbonyl (C=O) groups excluding carboxylic acids is 3. The molecule has 2 amide bonds. The molecule has 12 nitrogen and oxygen atoms in total. The molecular formula is C28H25N7O5. The SMILES string of the molecule is CC(=O)OCC(=O)N1C[C@@H]2[C@H](C1)[C@]2(C#N)c1ccc(-c2ccc3c(c2)C[C@H]2[C@H](Cn4ccnn4)OC(=O)N32)cn1. The van der Waals surface area contributed by atoms with E-state index in [1.807, 2.05) is 24.3 Å². The maximum Gasteiger partial charge on any atom is 0.415 e. The number of cyclic esters (lactones) is 1. The summed E-state index contributed by atoms with van der Waals surface area (Å²) >= 11 is 0. The van der Waals surface area contributed by atoms with Crippen molar-refractivity contribution in [1.29, 1.82) is 5.26 Å². The topological polar surface area (TPSA) is 144 Å². The second-order valence-electron chi connectivity index (χ2n) is 10.7. The highest BCUT2D eigenvalue weighted by atomic mass is 16.6. The van der Waals surface area contributed by atoms with E-state index in [0.29, 0.717) is 31.7 Å². The number of piperidine rings is 1. The normalized spacial score (nSPS) is 27.4. The largest absolute Gasteiger partial charge is 0.456 e. The Balaban J connectivity index is 1.05. The number of hydrogen-bond acceptors (Lipinski definition) is 9. The van der Waals surface area contributed by atoms with E-state index in [-0.39, 0.29) is 42.6 Å². The van der Waals surface area contributed by atoms with E-state index < -0.39 is 11.4 Å². The Labute approximate surface area is 229 Å². The van der Waals surface area contributed by atoms with Gasteiger partial charge in [-0.2, -0.15) is 5.26 Å². The molecule has 3 fully saturated rings. The monoisotopic (exact) mass is 539 g/mol. The van der Waals surface area contributed by atoms with E-state index in [0.717, 1.165) is 22.4 Å². The van der Waals surface area contributed by atoms with Gasteiger partial charge < -0.3 is 14.4 Å². The molecule has 0 spiro atoms. The molecule has 2 saturated heterocycles. The Hall–Kier alpha value is -4.79. The number of benzene rings is 1. The molecular weight excluding hydrogens is 514 g/mol. The molecule has 4 aliphatic rings. The van der Waals surface area contributed by atoms with Crippen LogP contribution in [0.3, 0.4) is 0 Å². The van der Waals surface area contributed by atoms with Crippen LogP contribution >= 0.6 is 0 Å². The molecule has 0 radical (unpaired) electrons. The minimum Gasteiger partial charge on any atom is -0.456 e. The van der Waals surface area contributed by atoms with Crippen LogP contribution in [-0.2, 0) is 37.4 Å². The van der Waals surface area contributed by atoms with Crippen molar-refractivity contribution in [2.24, 2.45) is 11.8 Å². The number of amides is 2. The predicted octanol–water partition coefficient (Wildman–Crippen LogP) is 1.70. The first-order chi connectivity index (χ1) is 19.4. The van der Waals surface area contributed by atoms with Crippen molar-refractivity contribution in [3.05, 3.63) is 60.2 Å². The lowest BCUT2D eigenvalue weighted by Crippen LogP contribution is -2.37. The van der Waals surface area contributed by atoms with Crippen molar-refractivity contribution in [2.75, 3.05) is 24.6 Å². The van der Waals surface area contributed by atoms with Gasteiger partial charge in [0.25, 0.3) is 5.91 Å². The Morgan fingerprint density at radius 2 is 2.00 bits per heavy atom. The number of likely N-dealkylation sites (tertiary alicyclic amines) is 1. The molecule has 7 rings (SSSR count). The molecule has 40 heavy (non-hydrogen) atoms. The summed E-state index contributed by atoms with van der Waals surface area (Å²) in [5, 5.41) is 17.9. The van der Waals surface area contributed by atoms with Gasteiger partial charge in [0, 0.05) is 49.8 Å². The van der Waals surface area contributed by atoms with Crippen LogP contribution in [0.5, 0.6) is 0 Å². The maximum absolute atomic E-state index is 12.7. The number of esters is 1. The van der Waals surface area contributed by atoms with Gasteiger partial charge in [0.05, 0.1) is 36.2 Å². The third-order valence-electron chi connectivity index (χ3n) is 8.65. The van der Waals surface area contributed by atoms with Gasteiger partial charge in [-0.25, -0.2) is 9.48 Å². The van der Waals surface area contributed by atoms with Crippen LogP contribution in [0, 0.1) is 23.2 Å². The quantitative estimate of drug-likeness (QED) is 0.428. The fourth-order valence-electron chi connectivity index (χ4n) is 6.63. The summed E-state index contributed by atoms with van der Waals surface area (Å²) in [4.78, 5) is 44.1. The summed E-state index contributed by atoms with van der Waals surface area (Å²) in [7, 11) is 0. The van der Waals surface area contributed by atoms with Crippen molar-refractivity contribution in [3.63, 3.8) is 0 Å². The highest BCUT2D eigenvalue weighted by molar-refractivity contribution is 5.94. The van der Waals surface area contributed by atoms with Gasteiger partial charge in [-0.15, -0.1) is 5.10 Å². The third-order valence-corrected chi connectivity index (χ3v) is 8.65. The molecule has 0 N–H and O–H groups in total. The van der Waals surface area contributed by atoms with Crippen molar-refractivity contribution in [2.45, 2.75) is 37.5 Å². The summed E-state index contributed by atoms with van der Waals surface area (Å²) in [6.07, 6.45) is 5.13. The molecule has 12 heteroatoms. The molecule has 3 aromatic rings. The minimum atomic E-state index is -0.709. The lowest BCUT2D eigenvalue weighted by molar-refractivity contribution is -0.150. The first-order valence-electron chi connectivity index (χ1n) is 13.1. The fraction of sp³-hybridized carbons (Fsp3) is 0.393. The van der Waals surface area contributed by atoms with Crippen LogP contribution in [0.25, 0.3) is 11.1 Å². The minimum absolute atomic E-state index is 0.0100. The highest BCUT2D eigenvalue weighted by Gasteiger charge is 2.71. The van der Waals surface area contributed by atoms with E-state index >= 15 is 0 Å². The first-order valence-corrected chi connectivity index (χ1v) is 13.1. The standard InChI is InChI=1S/C28H25N7O5/c1-16(36)39-14-26(37)33-11-20-21(12-33)28(20,15-29)25-5-3-18(10-30-25)17-2-4-22-19(8-17)9-23-24(40-27(38)35(22)23)13-34-7-6-31-32-34/h2-8,10,20-21,23-24H,9,11-14H2,1H3/t20-,21+,23-,24-,28-/m0/s1. The van der Waals surface area contributed by atoms with Crippen molar-refractivity contribution in [1.82, 2.24) is 24.9 Å². The van der Waals surface area contributed by atoms with Gasteiger partial charge in [0.2, 0.25) is 0 Å². The lowest BCUT2D eigenvalue weighted by Gasteiger charge is -2.22. The summed E-state index contributed by atoms with van der Waals surface area (Å²) in [6, 6.07) is 12.2. The van der Waals surface area contributed by atoms with Crippen LogP contribution in [0.4, 0.5) is 10.5 Å². The van der Waals surface area contributed by atoms with Crippen LogP contribution in [0.2, 0.25) is 0 Å². The molecule has 0 unspecified atom stereocenters. The number of ether oxygens (including phenoxy) is 2. The zero-order valence-electron chi connectivity index (χ0n) is 21.6. The fourth-order valence-corrected chi connectivity index (χ4v) is 6.63. The zero-order valence-corrected chi connectivity index (χ0v) is 21.6. The molecule has 1 saturated carbocycles. The van der Waals surface area contributed by atoms with E-state index in [2.05, 4.69) is 22.4 Å². The summed E-state index contributed by atoms with van der Waals surface area (Å²) in [5.41, 5.74) is 3.81. The van der Waals surface area contributed by atoms with Gasteiger partial charge in [-0.1, -0.05) is 17.3 Å².